The number of phenols is 1. The summed E-state index contributed by atoms with van der Waals surface area (Å²) in [7, 11) is 0. The number of fused-ring (bicyclic) bond motifs is 2. The molecule has 0 amide bonds. The van der Waals surface area contributed by atoms with Gasteiger partial charge in [-0.1, -0.05) is 30.3 Å². The van der Waals surface area contributed by atoms with Gasteiger partial charge < -0.3 is 15.4 Å². The van der Waals surface area contributed by atoms with E-state index in [2.05, 4.69) is 48.7 Å². The number of benzene rings is 2. The zero-order valence-electron chi connectivity index (χ0n) is 21.6. The van der Waals surface area contributed by atoms with Gasteiger partial charge in [0.05, 0.1) is 28.4 Å². The lowest BCUT2D eigenvalue weighted by molar-refractivity contribution is 0.469. The standard InChI is InChI=1S/C31H23FN8O/c32-22-9-20(10-23(41)11-22)24-16-35-17-27-28(24)38-31(37-27)30-29-26(39-40-30)7-6-25(36-29)21-8-19(14-34-15-21)13-33-12-18-4-2-1-3-5-18/h1-11,14-17,33,41H,12-13H2,(H,37,38)(H,39,40). The van der Waals surface area contributed by atoms with Gasteiger partial charge in [0.25, 0.3) is 0 Å². The van der Waals surface area contributed by atoms with Crippen LogP contribution in [-0.4, -0.2) is 40.2 Å². The molecule has 7 rings (SSSR count). The number of aromatic amines is 2. The molecule has 4 N–H and O–H groups in total. The van der Waals surface area contributed by atoms with Gasteiger partial charge in [0.2, 0.25) is 0 Å². The average molecular weight is 543 g/mol. The number of halogens is 1. The van der Waals surface area contributed by atoms with E-state index in [0.29, 0.717) is 45.7 Å². The molecule has 2 aromatic carbocycles. The first kappa shape index (κ1) is 24.6. The molecule has 0 saturated heterocycles. The van der Waals surface area contributed by atoms with Crippen molar-refractivity contribution in [2.24, 2.45) is 0 Å². The Hall–Kier alpha value is -5.48. The fourth-order valence-electron chi connectivity index (χ4n) is 4.88. The van der Waals surface area contributed by atoms with Crippen LogP contribution in [0, 0.1) is 5.82 Å². The molecule has 5 aromatic heterocycles. The number of hydrogen-bond donors (Lipinski definition) is 4. The normalized spacial score (nSPS) is 11.4. The molecule has 0 atom stereocenters. The highest BCUT2D eigenvalue weighted by molar-refractivity contribution is 5.96. The molecule has 200 valence electrons. The molecule has 10 heteroatoms. The number of hydrogen-bond acceptors (Lipinski definition) is 7. The van der Waals surface area contributed by atoms with E-state index in [0.717, 1.165) is 34.9 Å². The highest BCUT2D eigenvalue weighted by Gasteiger charge is 2.18. The predicted molar refractivity (Wildman–Crippen MR) is 154 cm³/mol. The topological polar surface area (TPSA) is 128 Å². The van der Waals surface area contributed by atoms with E-state index in [1.165, 1.54) is 17.7 Å². The number of nitrogens with zero attached hydrogens (tertiary/aromatic N) is 5. The van der Waals surface area contributed by atoms with E-state index >= 15 is 0 Å². The van der Waals surface area contributed by atoms with Crippen molar-refractivity contribution in [1.29, 1.82) is 0 Å². The first-order chi connectivity index (χ1) is 20.1. The van der Waals surface area contributed by atoms with Gasteiger partial charge in [-0.25, -0.2) is 14.4 Å². The van der Waals surface area contributed by atoms with Crippen molar-refractivity contribution in [3.05, 3.63) is 108 Å². The Morgan fingerprint density at radius 1 is 0.756 bits per heavy atom. The van der Waals surface area contributed by atoms with Crippen LogP contribution in [0.3, 0.4) is 0 Å². The van der Waals surface area contributed by atoms with Gasteiger partial charge in [-0.2, -0.15) is 5.10 Å². The number of imidazole rings is 1. The van der Waals surface area contributed by atoms with Crippen molar-refractivity contribution in [3.63, 3.8) is 0 Å². The lowest BCUT2D eigenvalue weighted by Crippen LogP contribution is -2.12. The van der Waals surface area contributed by atoms with Crippen molar-refractivity contribution < 1.29 is 9.50 Å². The largest absolute Gasteiger partial charge is 0.508 e. The van der Waals surface area contributed by atoms with Crippen molar-refractivity contribution in [3.8, 4) is 39.7 Å². The predicted octanol–water partition coefficient (Wildman–Crippen LogP) is 5.76. The van der Waals surface area contributed by atoms with Crippen LogP contribution in [0.5, 0.6) is 5.75 Å². The minimum Gasteiger partial charge on any atom is -0.508 e. The van der Waals surface area contributed by atoms with Crippen LogP contribution in [-0.2, 0) is 13.1 Å². The number of aromatic hydroxyl groups is 1. The van der Waals surface area contributed by atoms with E-state index in [1.54, 1.807) is 18.6 Å². The molecule has 0 saturated carbocycles. The molecule has 0 fully saturated rings. The SMILES string of the molecule is Oc1cc(F)cc(-c2cncc3[nH]c(-c4n[nH]c5ccc(-c6cncc(CNCc7ccccc7)c6)nc45)nc23)c1. The van der Waals surface area contributed by atoms with Crippen LogP contribution >= 0.6 is 0 Å². The summed E-state index contributed by atoms with van der Waals surface area (Å²) < 4.78 is 14.0. The van der Waals surface area contributed by atoms with E-state index < -0.39 is 5.82 Å². The molecule has 0 aliphatic carbocycles. The van der Waals surface area contributed by atoms with Gasteiger partial charge in [0, 0.05) is 48.9 Å². The molecule has 0 aliphatic heterocycles. The lowest BCUT2D eigenvalue weighted by Gasteiger charge is -2.07. The molecule has 0 aliphatic rings. The van der Waals surface area contributed by atoms with Gasteiger partial charge in [-0.05, 0) is 47.0 Å². The highest BCUT2D eigenvalue weighted by Crippen LogP contribution is 2.33. The average Bonchev–Trinajstić information content (AvgIpc) is 3.61. The van der Waals surface area contributed by atoms with Gasteiger partial charge >= 0.3 is 0 Å². The summed E-state index contributed by atoms with van der Waals surface area (Å²) in [6, 6.07) is 20.1. The minimum absolute atomic E-state index is 0.173. The maximum atomic E-state index is 14.0. The molecule has 0 bridgehead atoms. The number of pyridine rings is 3. The fraction of sp³-hybridized carbons (Fsp3) is 0.0645. The first-order valence-corrected chi connectivity index (χ1v) is 13.0. The summed E-state index contributed by atoms with van der Waals surface area (Å²) in [4.78, 5) is 21.7. The number of nitrogens with one attached hydrogen (secondary N) is 3. The molecule has 9 nitrogen and oxygen atoms in total. The van der Waals surface area contributed by atoms with Crippen LogP contribution in [0.15, 0.2) is 91.5 Å². The van der Waals surface area contributed by atoms with Gasteiger partial charge in [0.1, 0.15) is 17.1 Å². The second kappa shape index (κ2) is 10.2. The van der Waals surface area contributed by atoms with Crippen molar-refractivity contribution in [2.75, 3.05) is 0 Å². The highest BCUT2D eigenvalue weighted by atomic mass is 19.1. The molecule has 41 heavy (non-hydrogen) atoms. The van der Waals surface area contributed by atoms with E-state index in [9.17, 15) is 9.50 Å². The van der Waals surface area contributed by atoms with Crippen molar-refractivity contribution in [1.82, 2.24) is 40.4 Å². The Labute approximate surface area is 233 Å². The summed E-state index contributed by atoms with van der Waals surface area (Å²) >= 11 is 0. The van der Waals surface area contributed by atoms with E-state index in [1.807, 2.05) is 36.5 Å². The Balaban J connectivity index is 1.21. The molecule has 0 spiro atoms. The summed E-state index contributed by atoms with van der Waals surface area (Å²) in [5.41, 5.74) is 8.13. The molecule has 5 heterocycles. The maximum Gasteiger partial charge on any atom is 0.161 e. The second-order valence-corrected chi connectivity index (χ2v) is 9.70. The molecule has 0 radical (unpaired) electrons. The van der Waals surface area contributed by atoms with Crippen LogP contribution in [0.1, 0.15) is 11.1 Å². The molecular formula is C31H23FN8O. The Morgan fingerprint density at radius 3 is 2.49 bits per heavy atom. The minimum atomic E-state index is -0.548. The lowest BCUT2D eigenvalue weighted by atomic mass is 10.1. The van der Waals surface area contributed by atoms with E-state index in [-0.39, 0.29) is 5.75 Å². The smallest absolute Gasteiger partial charge is 0.161 e. The Morgan fingerprint density at radius 2 is 1.61 bits per heavy atom. The zero-order chi connectivity index (χ0) is 27.8. The third-order valence-corrected chi connectivity index (χ3v) is 6.81. The second-order valence-electron chi connectivity index (χ2n) is 9.70. The first-order valence-electron chi connectivity index (χ1n) is 13.0. The van der Waals surface area contributed by atoms with Gasteiger partial charge in [-0.15, -0.1) is 0 Å². The fourth-order valence-corrected chi connectivity index (χ4v) is 4.88. The molecule has 0 unspecified atom stereocenters. The summed E-state index contributed by atoms with van der Waals surface area (Å²) in [5, 5.41) is 20.9. The summed E-state index contributed by atoms with van der Waals surface area (Å²) in [6.07, 6.45) is 6.88. The Bertz CT molecular complexity index is 2000. The van der Waals surface area contributed by atoms with Crippen LogP contribution < -0.4 is 5.32 Å². The maximum absolute atomic E-state index is 14.0. The van der Waals surface area contributed by atoms with Crippen LogP contribution in [0.2, 0.25) is 0 Å². The summed E-state index contributed by atoms with van der Waals surface area (Å²) in [5.74, 6) is -0.232. The molecular weight excluding hydrogens is 519 g/mol. The van der Waals surface area contributed by atoms with Crippen molar-refractivity contribution in [2.45, 2.75) is 13.1 Å². The number of aromatic nitrogens is 7. The van der Waals surface area contributed by atoms with Crippen LogP contribution in [0.25, 0.3) is 56.0 Å². The monoisotopic (exact) mass is 542 g/mol. The van der Waals surface area contributed by atoms with Crippen molar-refractivity contribution >= 4 is 22.1 Å². The van der Waals surface area contributed by atoms with Gasteiger partial charge in [-0.3, -0.25) is 15.1 Å². The zero-order valence-corrected chi connectivity index (χ0v) is 21.6. The number of rotatable bonds is 7. The molecule has 7 aromatic rings. The number of H-pyrrole nitrogens is 2. The third-order valence-electron chi connectivity index (χ3n) is 6.81. The quantitative estimate of drug-likeness (QED) is 0.202. The van der Waals surface area contributed by atoms with E-state index in [4.69, 9.17) is 9.97 Å². The Kier molecular flexibility index (Phi) is 6.14. The van der Waals surface area contributed by atoms with Crippen LogP contribution in [0.4, 0.5) is 4.39 Å². The third kappa shape index (κ3) is 4.88. The summed E-state index contributed by atoms with van der Waals surface area (Å²) in [6.45, 7) is 1.44. The van der Waals surface area contributed by atoms with Gasteiger partial charge in [0.15, 0.2) is 11.5 Å². The number of phenolic OH excluding ortho intramolecular Hbond substituents is 1.